The molecule has 0 bridgehead atoms. The normalized spacial score (nSPS) is 15.3. The zero-order valence-electron chi connectivity index (χ0n) is 14.7. The van der Waals surface area contributed by atoms with Crippen LogP contribution < -0.4 is 20.1 Å². The van der Waals surface area contributed by atoms with Crippen molar-refractivity contribution in [1.29, 1.82) is 0 Å². The van der Waals surface area contributed by atoms with Gasteiger partial charge in [0.1, 0.15) is 18.1 Å². The summed E-state index contributed by atoms with van der Waals surface area (Å²) in [6.07, 6.45) is -0.710. The van der Waals surface area contributed by atoms with Crippen molar-refractivity contribution in [3.05, 3.63) is 52.0 Å². The molecule has 8 heteroatoms. The molecule has 2 unspecified atom stereocenters. The van der Waals surface area contributed by atoms with Crippen LogP contribution in [0.3, 0.4) is 0 Å². The Morgan fingerprint density at radius 3 is 2.85 bits per heavy atom. The van der Waals surface area contributed by atoms with Gasteiger partial charge in [-0.25, -0.2) is 0 Å². The van der Waals surface area contributed by atoms with Gasteiger partial charge in [-0.05, 0) is 36.8 Å². The highest BCUT2D eigenvalue weighted by Gasteiger charge is 2.17. The van der Waals surface area contributed by atoms with Crippen LogP contribution in [0.1, 0.15) is 18.6 Å². The number of amides is 1. The molecule has 1 amide bonds. The monoisotopic (exact) mass is 410 g/mol. The summed E-state index contributed by atoms with van der Waals surface area (Å²) >= 11 is 11.9. The fourth-order valence-electron chi connectivity index (χ4n) is 2.58. The number of nitrogens with one attached hydrogen (secondary N) is 2. The summed E-state index contributed by atoms with van der Waals surface area (Å²) in [5, 5.41) is 17.1. The molecule has 0 aromatic heterocycles. The molecule has 1 heterocycles. The van der Waals surface area contributed by atoms with E-state index < -0.39 is 6.10 Å². The fraction of sp³-hybridized carbons (Fsp3) is 0.316. The zero-order valence-corrected chi connectivity index (χ0v) is 16.2. The van der Waals surface area contributed by atoms with Gasteiger partial charge in [0.15, 0.2) is 6.61 Å². The Morgan fingerprint density at radius 2 is 2.07 bits per heavy atom. The van der Waals surface area contributed by atoms with Crippen molar-refractivity contribution in [2.24, 2.45) is 0 Å². The summed E-state index contributed by atoms with van der Waals surface area (Å²) in [4.78, 5) is 11.4. The molecule has 3 N–H and O–H groups in total. The first kappa shape index (κ1) is 19.8. The Bertz CT molecular complexity index is 831. The number of hydrogen-bond acceptors (Lipinski definition) is 5. The highest BCUT2D eigenvalue weighted by Crippen LogP contribution is 2.31. The van der Waals surface area contributed by atoms with Crippen LogP contribution in [-0.4, -0.2) is 36.8 Å². The van der Waals surface area contributed by atoms with Gasteiger partial charge in [0.25, 0.3) is 5.91 Å². The second-order valence-corrected chi connectivity index (χ2v) is 7.12. The van der Waals surface area contributed by atoms with Crippen LogP contribution in [-0.2, 0) is 4.79 Å². The van der Waals surface area contributed by atoms with E-state index in [1.807, 2.05) is 6.92 Å². The Kier molecular flexibility index (Phi) is 6.44. The third-order valence-electron chi connectivity index (χ3n) is 4.07. The van der Waals surface area contributed by atoms with Gasteiger partial charge in [-0.3, -0.25) is 4.79 Å². The van der Waals surface area contributed by atoms with E-state index in [1.165, 1.54) is 0 Å². The van der Waals surface area contributed by atoms with Crippen molar-refractivity contribution in [2.75, 3.05) is 25.1 Å². The molecule has 0 radical (unpaired) electrons. The lowest BCUT2D eigenvalue weighted by atomic mass is 10.1. The number of ether oxygens (including phenoxy) is 2. The van der Waals surface area contributed by atoms with Crippen LogP contribution in [0.4, 0.5) is 5.69 Å². The summed E-state index contributed by atoms with van der Waals surface area (Å²) < 4.78 is 11.1. The molecular formula is C19H20Cl2N2O4. The Balaban J connectivity index is 1.48. The molecule has 3 rings (SSSR count). The number of carbonyl (C=O) groups excluding carboxylic acids is 1. The third-order valence-corrected chi connectivity index (χ3v) is 4.81. The van der Waals surface area contributed by atoms with E-state index in [1.54, 1.807) is 36.4 Å². The fourth-order valence-corrected chi connectivity index (χ4v) is 2.89. The Labute approximate surface area is 167 Å². The van der Waals surface area contributed by atoms with Gasteiger partial charge < -0.3 is 25.2 Å². The number of rotatable bonds is 7. The molecule has 0 aliphatic carbocycles. The van der Waals surface area contributed by atoms with Crippen molar-refractivity contribution in [1.82, 2.24) is 5.32 Å². The van der Waals surface area contributed by atoms with Gasteiger partial charge in [-0.1, -0.05) is 29.3 Å². The van der Waals surface area contributed by atoms with Crippen LogP contribution in [0.25, 0.3) is 0 Å². The summed E-state index contributed by atoms with van der Waals surface area (Å²) in [5.41, 5.74) is 1.29. The maximum Gasteiger partial charge on any atom is 0.262 e. The van der Waals surface area contributed by atoms with E-state index in [9.17, 15) is 9.90 Å². The predicted molar refractivity (Wildman–Crippen MR) is 105 cm³/mol. The van der Waals surface area contributed by atoms with Crippen LogP contribution in [0.15, 0.2) is 36.4 Å². The van der Waals surface area contributed by atoms with Crippen molar-refractivity contribution >= 4 is 34.8 Å². The maximum absolute atomic E-state index is 11.4. The smallest absolute Gasteiger partial charge is 0.262 e. The van der Waals surface area contributed by atoms with Crippen LogP contribution in [0.2, 0.25) is 10.0 Å². The number of fused-ring (bicyclic) bond motifs is 1. The van der Waals surface area contributed by atoms with Crippen LogP contribution in [0.5, 0.6) is 11.5 Å². The van der Waals surface area contributed by atoms with Gasteiger partial charge in [-0.15, -0.1) is 0 Å². The predicted octanol–water partition coefficient (Wildman–Crippen LogP) is 3.41. The minimum Gasteiger partial charge on any atom is -0.492 e. The number of aliphatic hydroxyl groups is 1. The van der Waals surface area contributed by atoms with E-state index in [4.69, 9.17) is 32.7 Å². The summed E-state index contributed by atoms with van der Waals surface area (Å²) in [6, 6.07) is 10.3. The molecule has 1 aliphatic rings. The third kappa shape index (κ3) is 5.26. The summed E-state index contributed by atoms with van der Waals surface area (Å²) in [7, 11) is 0. The van der Waals surface area contributed by atoms with E-state index >= 15 is 0 Å². The lowest BCUT2D eigenvalue weighted by Gasteiger charge is -2.20. The molecular weight excluding hydrogens is 391 g/mol. The topological polar surface area (TPSA) is 79.8 Å². The van der Waals surface area contributed by atoms with Gasteiger partial charge >= 0.3 is 0 Å². The number of aliphatic hydroxyl groups excluding tert-OH is 1. The second-order valence-electron chi connectivity index (χ2n) is 6.30. The van der Waals surface area contributed by atoms with E-state index in [0.29, 0.717) is 45.9 Å². The lowest BCUT2D eigenvalue weighted by molar-refractivity contribution is -0.118. The highest BCUT2D eigenvalue weighted by molar-refractivity contribution is 6.42. The molecule has 0 fully saturated rings. The van der Waals surface area contributed by atoms with Crippen LogP contribution >= 0.6 is 23.2 Å². The Hall–Kier alpha value is -1.99. The van der Waals surface area contributed by atoms with E-state index in [2.05, 4.69) is 10.6 Å². The number of halogens is 2. The average Bonchev–Trinajstić information content (AvgIpc) is 2.66. The SMILES string of the molecule is CC(COc1ccc2c(c1)NC(=O)CO2)NCC(O)c1ccc(Cl)c(Cl)c1. The highest BCUT2D eigenvalue weighted by atomic mass is 35.5. The molecule has 27 heavy (non-hydrogen) atoms. The molecule has 144 valence electrons. The Morgan fingerprint density at radius 1 is 1.26 bits per heavy atom. The van der Waals surface area contributed by atoms with Crippen molar-refractivity contribution in [3.63, 3.8) is 0 Å². The van der Waals surface area contributed by atoms with Crippen molar-refractivity contribution in [2.45, 2.75) is 19.1 Å². The van der Waals surface area contributed by atoms with Gasteiger partial charge in [0, 0.05) is 18.7 Å². The molecule has 2 aromatic rings. The minimum absolute atomic E-state index is 0.00991. The minimum atomic E-state index is -0.710. The number of anilines is 1. The van der Waals surface area contributed by atoms with Gasteiger partial charge in [0.2, 0.25) is 0 Å². The molecule has 6 nitrogen and oxygen atoms in total. The first-order chi connectivity index (χ1) is 12.9. The standard InChI is InChI=1S/C19H20Cl2N2O4/c1-11(22-8-17(24)12-2-4-14(20)15(21)6-12)9-26-13-3-5-18-16(7-13)23-19(25)10-27-18/h2-7,11,17,22,24H,8-10H2,1H3,(H,23,25). The molecule has 0 saturated carbocycles. The van der Waals surface area contributed by atoms with Crippen molar-refractivity contribution in [3.8, 4) is 11.5 Å². The maximum atomic E-state index is 11.4. The molecule has 0 saturated heterocycles. The van der Waals surface area contributed by atoms with Gasteiger partial charge in [0.05, 0.1) is 21.8 Å². The van der Waals surface area contributed by atoms with Crippen molar-refractivity contribution < 1.29 is 19.4 Å². The quantitative estimate of drug-likeness (QED) is 0.651. The first-order valence-electron chi connectivity index (χ1n) is 8.48. The number of carbonyl (C=O) groups is 1. The number of benzene rings is 2. The van der Waals surface area contributed by atoms with E-state index in [0.717, 1.165) is 0 Å². The first-order valence-corrected chi connectivity index (χ1v) is 9.24. The summed E-state index contributed by atoms with van der Waals surface area (Å²) in [6.45, 7) is 2.71. The zero-order chi connectivity index (χ0) is 19.4. The lowest BCUT2D eigenvalue weighted by Crippen LogP contribution is -2.35. The van der Waals surface area contributed by atoms with E-state index in [-0.39, 0.29) is 18.6 Å². The molecule has 2 atom stereocenters. The summed E-state index contributed by atoms with van der Waals surface area (Å²) in [5.74, 6) is 1.06. The number of hydrogen-bond donors (Lipinski definition) is 3. The van der Waals surface area contributed by atoms with Crippen LogP contribution in [0, 0.1) is 0 Å². The second kappa shape index (κ2) is 8.80. The molecule has 1 aliphatic heterocycles. The largest absolute Gasteiger partial charge is 0.492 e. The van der Waals surface area contributed by atoms with Gasteiger partial charge in [-0.2, -0.15) is 0 Å². The average molecular weight is 411 g/mol. The molecule has 0 spiro atoms. The molecule has 2 aromatic carbocycles.